The molecule has 96 valence electrons. The highest BCUT2D eigenvalue weighted by atomic mass is 16.6. The van der Waals surface area contributed by atoms with Crippen molar-refractivity contribution in [2.45, 2.75) is 13.3 Å². The fourth-order valence-corrected chi connectivity index (χ4v) is 0.971. The fourth-order valence-electron chi connectivity index (χ4n) is 0.971. The van der Waals surface area contributed by atoms with Gasteiger partial charge in [-0.2, -0.15) is 0 Å². The second-order valence-electron chi connectivity index (χ2n) is 3.11. The molecule has 0 fully saturated rings. The zero-order chi connectivity index (χ0) is 11.9. The summed E-state index contributed by atoms with van der Waals surface area (Å²) < 4.78 is 21.0. The Morgan fingerprint density at radius 2 is 1.19 bits per heavy atom. The summed E-state index contributed by atoms with van der Waals surface area (Å²) in [5.41, 5.74) is 0. The zero-order valence-electron chi connectivity index (χ0n) is 10.3. The van der Waals surface area contributed by atoms with Gasteiger partial charge in [-0.1, -0.05) is 6.08 Å². The fraction of sp³-hybridized carbons (Fsp3) is 0.833. The smallest absolute Gasteiger partial charge is 0.0701 e. The van der Waals surface area contributed by atoms with Gasteiger partial charge in [0.2, 0.25) is 0 Å². The Balaban J connectivity index is 2.85. The van der Waals surface area contributed by atoms with E-state index in [0.717, 1.165) is 19.6 Å². The van der Waals surface area contributed by atoms with E-state index in [-0.39, 0.29) is 0 Å². The highest BCUT2D eigenvalue weighted by molar-refractivity contribution is 4.64. The molecule has 0 aromatic rings. The number of rotatable bonds is 13. The molecule has 0 aliphatic heterocycles. The Morgan fingerprint density at radius 3 is 1.62 bits per heavy atom. The van der Waals surface area contributed by atoms with Crippen molar-refractivity contribution in [3.05, 3.63) is 12.7 Å². The molecule has 0 aromatic carbocycles. The third-order valence-corrected chi connectivity index (χ3v) is 1.79. The van der Waals surface area contributed by atoms with E-state index < -0.39 is 0 Å². The number of ether oxygens (including phenoxy) is 4. The highest BCUT2D eigenvalue weighted by Crippen LogP contribution is 1.85. The van der Waals surface area contributed by atoms with Crippen LogP contribution in [0.4, 0.5) is 0 Å². The average molecular weight is 232 g/mol. The Morgan fingerprint density at radius 1 is 0.750 bits per heavy atom. The molecule has 0 atom stereocenters. The standard InChI is InChI=1S/C12H24O4/c1-3-5-6-14-9-10-16-12-11-15-8-7-13-4-2/h3H,1,4-12H2,2H3. The molecule has 0 saturated heterocycles. The van der Waals surface area contributed by atoms with Crippen LogP contribution < -0.4 is 0 Å². The third kappa shape index (κ3) is 13.6. The van der Waals surface area contributed by atoms with Gasteiger partial charge in [-0.3, -0.25) is 0 Å². The SMILES string of the molecule is C=CCCOCCOCCOCCOCC. The molecule has 0 spiro atoms. The second kappa shape index (κ2) is 14.6. The molecule has 0 unspecified atom stereocenters. The number of hydrogen-bond donors (Lipinski definition) is 0. The Hall–Kier alpha value is -0.420. The van der Waals surface area contributed by atoms with Crippen LogP contribution >= 0.6 is 0 Å². The van der Waals surface area contributed by atoms with Gasteiger partial charge in [0.05, 0.1) is 46.2 Å². The Kier molecular flexibility index (Phi) is 14.2. The van der Waals surface area contributed by atoms with Crippen LogP contribution in [0.25, 0.3) is 0 Å². The van der Waals surface area contributed by atoms with E-state index in [1.165, 1.54) is 0 Å². The molecule has 0 heterocycles. The molecular weight excluding hydrogens is 208 g/mol. The summed E-state index contributed by atoms with van der Waals surface area (Å²) >= 11 is 0. The van der Waals surface area contributed by atoms with E-state index in [0.29, 0.717) is 39.6 Å². The van der Waals surface area contributed by atoms with E-state index in [4.69, 9.17) is 18.9 Å². The van der Waals surface area contributed by atoms with E-state index in [9.17, 15) is 0 Å². The molecule has 0 bridgehead atoms. The predicted molar refractivity (Wildman–Crippen MR) is 63.8 cm³/mol. The molecule has 0 aliphatic carbocycles. The van der Waals surface area contributed by atoms with Gasteiger partial charge in [-0.05, 0) is 13.3 Å². The van der Waals surface area contributed by atoms with Crippen molar-refractivity contribution in [2.75, 3.05) is 52.9 Å². The van der Waals surface area contributed by atoms with E-state index >= 15 is 0 Å². The third-order valence-electron chi connectivity index (χ3n) is 1.79. The van der Waals surface area contributed by atoms with Gasteiger partial charge >= 0.3 is 0 Å². The lowest BCUT2D eigenvalue weighted by Crippen LogP contribution is -2.11. The summed E-state index contributed by atoms with van der Waals surface area (Å²) in [6, 6.07) is 0. The van der Waals surface area contributed by atoms with Crippen LogP contribution in [0, 0.1) is 0 Å². The normalized spacial score (nSPS) is 10.6. The lowest BCUT2D eigenvalue weighted by atomic mass is 10.5. The van der Waals surface area contributed by atoms with Crippen LogP contribution in [0.2, 0.25) is 0 Å². The molecule has 0 amide bonds. The maximum absolute atomic E-state index is 5.30. The minimum atomic E-state index is 0.608. The van der Waals surface area contributed by atoms with Gasteiger partial charge in [-0.25, -0.2) is 0 Å². The summed E-state index contributed by atoms with van der Waals surface area (Å²) in [5.74, 6) is 0. The summed E-state index contributed by atoms with van der Waals surface area (Å²) in [4.78, 5) is 0. The van der Waals surface area contributed by atoms with Crippen molar-refractivity contribution in [3.63, 3.8) is 0 Å². The van der Waals surface area contributed by atoms with Crippen LogP contribution in [0.15, 0.2) is 12.7 Å². The van der Waals surface area contributed by atoms with E-state index in [2.05, 4.69) is 6.58 Å². The van der Waals surface area contributed by atoms with Crippen molar-refractivity contribution in [2.24, 2.45) is 0 Å². The molecule has 0 radical (unpaired) electrons. The molecule has 4 heteroatoms. The first-order chi connectivity index (χ1) is 7.91. The summed E-state index contributed by atoms with van der Waals surface area (Å²) in [6.07, 6.45) is 2.73. The van der Waals surface area contributed by atoms with Gasteiger partial charge in [0.1, 0.15) is 0 Å². The summed E-state index contributed by atoms with van der Waals surface area (Å²) in [6.45, 7) is 10.8. The molecule has 0 aromatic heterocycles. The van der Waals surface area contributed by atoms with Gasteiger partial charge < -0.3 is 18.9 Å². The minimum Gasteiger partial charge on any atom is -0.379 e. The predicted octanol–water partition coefficient (Wildman–Crippen LogP) is 1.65. The van der Waals surface area contributed by atoms with Crippen molar-refractivity contribution in [1.29, 1.82) is 0 Å². The first-order valence-electron chi connectivity index (χ1n) is 5.83. The van der Waals surface area contributed by atoms with Crippen molar-refractivity contribution < 1.29 is 18.9 Å². The topological polar surface area (TPSA) is 36.9 Å². The van der Waals surface area contributed by atoms with Crippen molar-refractivity contribution >= 4 is 0 Å². The Bertz CT molecular complexity index is 139. The highest BCUT2D eigenvalue weighted by Gasteiger charge is 1.91. The molecule has 0 N–H and O–H groups in total. The van der Waals surface area contributed by atoms with Crippen molar-refractivity contribution in [1.82, 2.24) is 0 Å². The van der Waals surface area contributed by atoms with Gasteiger partial charge in [-0.15, -0.1) is 6.58 Å². The molecule has 4 nitrogen and oxygen atoms in total. The lowest BCUT2D eigenvalue weighted by Gasteiger charge is -2.06. The van der Waals surface area contributed by atoms with Crippen LogP contribution in [0.3, 0.4) is 0 Å². The van der Waals surface area contributed by atoms with Crippen LogP contribution in [0.1, 0.15) is 13.3 Å². The molecule has 16 heavy (non-hydrogen) atoms. The van der Waals surface area contributed by atoms with Gasteiger partial charge in [0, 0.05) is 6.61 Å². The van der Waals surface area contributed by atoms with Gasteiger partial charge in [0.15, 0.2) is 0 Å². The Labute approximate surface area is 98.5 Å². The average Bonchev–Trinajstić information content (AvgIpc) is 2.31. The quantitative estimate of drug-likeness (QED) is 0.357. The first kappa shape index (κ1) is 15.6. The van der Waals surface area contributed by atoms with Crippen LogP contribution in [-0.2, 0) is 18.9 Å². The zero-order valence-corrected chi connectivity index (χ0v) is 10.3. The molecule has 0 rings (SSSR count). The molecule has 0 aliphatic rings. The summed E-state index contributed by atoms with van der Waals surface area (Å²) in [7, 11) is 0. The first-order valence-corrected chi connectivity index (χ1v) is 5.83. The molecular formula is C12H24O4. The van der Waals surface area contributed by atoms with E-state index in [1.54, 1.807) is 0 Å². The van der Waals surface area contributed by atoms with Crippen LogP contribution in [0.5, 0.6) is 0 Å². The molecule has 0 saturated carbocycles. The lowest BCUT2D eigenvalue weighted by molar-refractivity contribution is 0.0000218. The second-order valence-corrected chi connectivity index (χ2v) is 3.11. The maximum Gasteiger partial charge on any atom is 0.0701 e. The van der Waals surface area contributed by atoms with Crippen molar-refractivity contribution in [3.8, 4) is 0 Å². The summed E-state index contributed by atoms with van der Waals surface area (Å²) in [5, 5.41) is 0. The maximum atomic E-state index is 5.30. The van der Waals surface area contributed by atoms with Crippen LogP contribution in [-0.4, -0.2) is 52.9 Å². The van der Waals surface area contributed by atoms with Gasteiger partial charge in [0.25, 0.3) is 0 Å². The minimum absolute atomic E-state index is 0.608. The largest absolute Gasteiger partial charge is 0.379 e. The number of hydrogen-bond acceptors (Lipinski definition) is 4. The monoisotopic (exact) mass is 232 g/mol. The van der Waals surface area contributed by atoms with E-state index in [1.807, 2.05) is 13.0 Å².